The second kappa shape index (κ2) is 5.53. The molecule has 2 aromatic heterocycles. The maximum absolute atomic E-state index is 11.9. The topological polar surface area (TPSA) is 42.0 Å². The number of nitrogens with one attached hydrogen (secondary N) is 1. The van der Waals surface area contributed by atoms with E-state index in [0.717, 1.165) is 16.8 Å². The Kier molecular flexibility index (Phi) is 4.00. The third kappa shape index (κ3) is 3.41. The molecule has 4 heteroatoms. The quantitative estimate of drug-likeness (QED) is 0.931. The third-order valence-corrected chi connectivity index (χ3v) is 3.49. The Balaban J connectivity index is 2.16. The van der Waals surface area contributed by atoms with Gasteiger partial charge in [-0.3, -0.25) is 9.78 Å². The molecule has 0 aromatic carbocycles. The Labute approximate surface area is 117 Å². The molecular weight excluding hydrogens is 256 g/mol. The lowest BCUT2D eigenvalue weighted by Crippen LogP contribution is -2.34. The molecule has 1 amide bonds. The van der Waals surface area contributed by atoms with E-state index in [2.05, 4.69) is 15.7 Å². The van der Waals surface area contributed by atoms with Crippen LogP contribution in [0, 0.1) is 5.41 Å². The van der Waals surface area contributed by atoms with E-state index in [4.69, 9.17) is 0 Å². The van der Waals surface area contributed by atoms with Gasteiger partial charge >= 0.3 is 0 Å². The van der Waals surface area contributed by atoms with Gasteiger partial charge in [0.05, 0.1) is 5.69 Å². The first kappa shape index (κ1) is 13.7. The molecule has 0 unspecified atom stereocenters. The number of thiophene rings is 1. The van der Waals surface area contributed by atoms with E-state index in [1.165, 1.54) is 0 Å². The summed E-state index contributed by atoms with van der Waals surface area (Å²) in [6.45, 7) is 6.23. The molecule has 100 valence electrons. The Morgan fingerprint density at radius 2 is 2.16 bits per heavy atom. The molecule has 2 aromatic rings. The van der Waals surface area contributed by atoms with Gasteiger partial charge in [0.1, 0.15) is 0 Å². The number of amides is 1. The number of pyridine rings is 1. The molecule has 0 radical (unpaired) electrons. The van der Waals surface area contributed by atoms with Crippen LogP contribution in [0.25, 0.3) is 11.3 Å². The molecular formula is C15H18N2OS. The largest absolute Gasteiger partial charge is 0.351 e. The van der Waals surface area contributed by atoms with E-state index in [1.54, 1.807) is 17.5 Å². The monoisotopic (exact) mass is 274 g/mol. The van der Waals surface area contributed by atoms with Gasteiger partial charge in [-0.2, -0.15) is 11.3 Å². The van der Waals surface area contributed by atoms with Crippen LogP contribution >= 0.6 is 11.3 Å². The fourth-order valence-corrected chi connectivity index (χ4v) is 2.32. The van der Waals surface area contributed by atoms with Crippen LogP contribution in [0.15, 0.2) is 35.2 Å². The summed E-state index contributed by atoms with van der Waals surface area (Å²) < 4.78 is 0. The summed E-state index contributed by atoms with van der Waals surface area (Å²) in [5, 5.41) is 7.06. The van der Waals surface area contributed by atoms with Gasteiger partial charge in [0, 0.05) is 29.1 Å². The van der Waals surface area contributed by atoms with Crippen molar-refractivity contribution in [2.24, 2.45) is 5.41 Å². The zero-order valence-corrected chi connectivity index (χ0v) is 12.3. The molecule has 0 aliphatic rings. The molecule has 3 nitrogen and oxygen atoms in total. The van der Waals surface area contributed by atoms with Crippen molar-refractivity contribution in [1.82, 2.24) is 10.3 Å². The maximum Gasteiger partial charge on any atom is 0.225 e. The van der Waals surface area contributed by atoms with Gasteiger partial charge < -0.3 is 5.32 Å². The number of aromatic nitrogens is 1. The number of rotatable bonds is 3. The number of carbonyl (C=O) groups excluding carboxylic acids is 1. The zero-order chi connectivity index (χ0) is 13.9. The number of nitrogens with zero attached hydrogens (tertiary/aromatic N) is 1. The smallest absolute Gasteiger partial charge is 0.225 e. The van der Waals surface area contributed by atoms with Gasteiger partial charge in [-0.05, 0) is 23.1 Å². The predicted molar refractivity (Wildman–Crippen MR) is 78.9 cm³/mol. The average molecular weight is 274 g/mol. The van der Waals surface area contributed by atoms with Crippen LogP contribution in [0.2, 0.25) is 0 Å². The van der Waals surface area contributed by atoms with E-state index >= 15 is 0 Å². The SMILES string of the molecule is CC(C)(C)C(=O)NCc1cccnc1-c1ccsc1. The predicted octanol–water partition coefficient (Wildman–Crippen LogP) is 3.47. The van der Waals surface area contributed by atoms with Crippen LogP contribution in [-0.4, -0.2) is 10.9 Å². The minimum atomic E-state index is -0.370. The lowest BCUT2D eigenvalue weighted by Gasteiger charge is -2.18. The Hall–Kier alpha value is -1.68. The highest BCUT2D eigenvalue weighted by atomic mass is 32.1. The summed E-state index contributed by atoms with van der Waals surface area (Å²) in [4.78, 5) is 16.3. The van der Waals surface area contributed by atoms with Crippen molar-refractivity contribution in [3.05, 3.63) is 40.7 Å². The second-order valence-corrected chi connectivity index (χ2v) is 6.24. The van der Waals surface area contributed by atoms with Gasteiger partial charge in [0.15, 0.2) is 0 Å². The first-order valence-electron chi connectivity index (χ1n) is 6.23. The number of hydrogen-bond donors (Lipinski definition) is 1. The summed E-state index contributed by atoms with van der Waals surface area (Å²) in [5.41, 5.74) is 2.71. The standard InChI is InChI=1S/C15H18N2OS/c1-15(2,3)14(18)17-9-11-5-4-7-16-13(11)12-6-8-19-10-12/h4-8,10H,9H2,1-3H3,(H,17,18). The summed E-state index contributed by atoms with van der Waals surface area (Å²) in [6, 6.07) is 5.94. The fraction of sp³-hybridized carbons (Fsp3) is 0.333. The van der Waals surface area contributed by atoms with Crippen LogP contribution in [0.4, 0.5) is 0 Å². The van der Waals surface area contributed by atoms with E-state index < -0.39 is 0 Å². The van der Waals surface area contributed by atoms with Crippen LogP contribution in [0.5, 0.6) is 0 Å². The van der Waals surface area contributed by atoms with Crippen molar-refractivity contribution >= 4 is 17.2 Å². The molecule has 2 rings (SSSR count). The van der Waals surface area contributed by atoms with Crippen molar-refractivity contribution < 1.29 is 4.79 Å². The summed E-state index contributed by atoms with van der Waals surface area (Å²) in [7, 11) is 0. The van der Waals surface area contributed by atoms with Crippen molar-refractivity contribution in [1.29, 1.82) is 0 Å². The molecule has 0 bridgehead atoms. The van der Waals surface area contributed by atoms with Crippen LogP contribution < -0.4 is 5.32 Å². The highest BCUT2D eigenvalue weighted by Crippen LogP contribution is 2.23. The van der Waals surface area contributed by atoms with Gasteiger partial charge in [-0.25, -0.2) is 0 Å². The molecule has 0 saturated carbocycles. The van der Waals surface area contributed by atoms with Crippen molar-refractivity contribution in [2.45, 2.75) is 27.3 Å². The van der Waals surface area contributed by atoms with E-state index in [9.17, 15) is 4.79 Å². The third-order valence-electron chi connectivity index (χ3n) is 2.81. The van der Waals surface area contributed by atoms with Gasteiger partial charge in [0.2, 0.25) is 5.91 Å². The molecule has 0 saturated heterocycles. The van der Waals surface area contributed by atoms with Crippen molar-refractivity contribution in [3.63, 3.8) is 0 Å². The van der Waals surface area contributed by atoms with Gasteiger partial charge in [-0.15, -0.1) is 0 Å². The molecule has 19 heavy (non-hydrogen) atoms. The molecule has 0 aliphatic heterocycles. The van der Waals surface area contributed by atoms with Crippen LogP contribution in [-0.2, 0) is 11.3 Å². The molecule has 1 N–H and O–H groups in total. The molecule has 0 atom stereocenters. The van der Waals surface area contributed by atoms with Crippen molar-refractivity contribution in [3.8, 4) is 11.3 Å². The Bertz CT molecular complexity index is 556. The highest BCUT2D eigenvalue weighted by molar-refractivity contribution is 7.08. The van der Waals surface area contributed by atoms with Gasteiger partial charge in [0.25, 0.3) is 0 Å². The minimum absolute atomic E-state index is 0.0487. The first-order chi connectivity index (χ1) is 8.98. The normalized spacial score (nSPS) is 11.3. The maximum atomic E-state index is 11.9. The van der Waals surface area contributed by atoms with E-state index in [0.29, 0.717) is 6.54 Å². The van der Waals surface area contributed by atoms with E-state index in [1.807, 2.05) is 44.4 Å². The summed E-state index contributed by atoms with van der Waals surface area (Å²) in [6.07, 6.45) is 1.78. The van der Waals surface area contributed by atoms with Gasteiger partial charge in [-0.1, -0.05) is 26.8 Å². The molecule has 0 spiro atoms. The number of hydrogen-bond acceptors (Lipinski definition) is 3. The lowest BCUT2D eigenvalue weighted by molar-refractivity contribution is -0.128. The van der Waals surface area contributed by atoms with Crippen LogP contribution in [0.3, 0.4) is 0 Å². The zero-order valence-electron chi connectivity index (χ0n) is 11.4. The second-order valence-electron chi connectivity index (χ2n) is 5.46. The lowest BCUT2D eigenvalue weighted by atomic mass is 9.95. The average Bonchev–Trinajstić information content (AvgIpc) is 2.88. The highest BCUT2D eigenvalue weighted by Gasteiger charge is 2.21. The van der Waals surface area contributed by atoms with E-state index in [-0.39, 0.29) is 11.3 Å². The molecule has 0 fully saturated rings. The number of carbonyl (C=O) groups is 1. The Morgan fingerprint density at radius 3 is 2.79 bits per heavy atom. The fourth-order valence-electron chi connectivity index (χ4n) is 1.68. The molecule has 0 aliphatic carbocycles. The minimum Gasteiger partial charge on any atom is -0.351 e. The molecule has 2 heterocycles. The summed E-state index contributed by atoms with van der Waals surface area (Å²) >= 11 is 1.64. The van der Waals surface area contributed by atoms with Crippen LogP contribution in [0.1, 0.15) is 26.3 Å². The van der Waals surface area contributed by atoms with Crippen molar-refractivity contribution in [2.75, 3.05) is 0 Å². The Morgan fingerprint density at radius 1 is 1.37 bits per heavy atom. The first-order valence-corrected chi connectivity index (χ1v) is 7.17. The summed E-state index contributed by atoms with van der Waals surface area (Å²) in [5.74, 6) is 0.0487.